The van der Waals surface area contributed by atoms with E-state index < -0.39 is 14.3 Å². The predicted octanol–water partition coefficient (Wildman–Crippen LogP) is 4.61. The molecule has 0 unspecified atom stereocenters. The van der Waals surface area contributed by atoms with Crippen molar-refractivity contribution in [2.45, 2.75) is 19.6 Å². The monoisotopic (exact) mass is 339 g/mol. The van der Waals surface area contributed by atoms with Gasteiger partial charge in [-0.25, -0.2) is 4.79 Å². The second kappa shape index (κ2) is 8.26. The Bertz CT molecular complexity index is 719. The van der Waals surface area contributed by atoms with Crippen LogP contribution in [0.2, 0.25) is 19.6 Å². The highest BCUT2D eigenvalue weighted by atomic mass is 28.4. The second-order valence-corrected chi connectivity index (χ2v) is 10.5. The van der Waals surface area contributed by atoms with Gasteiger partial charge in [-0.2, -0.15) is 0 Å². The molecule has 0 amide bonds. The van der Waals surface area contributed by atoms with Crippen molar-refractivity contribution in [3.8, 4) is 0 Å². The summed E-state index contributed by atoms with van der Waals surface area (Å²) < 4.78 is 11.2. The molecule has 0 fully saturated rings. The number of hydrogen-bond donors (Lipinski definition) is 0. The van der Waals surface area contributed by atoms with Gasteiger partial charge in [0.1, 0.15) is 6.20 Å². The number of rotatable bonds is 6. The van der Waals surface area contributed by atoms with Crippen LogP contribution in [0.4, 0.5) is 0 Å². The third-order valence-electron chi connectivity index (χ3n) is 2.81. The maximum absolute atomic E-state index is 12.2. The minimum atomic E-state index is -1.94. The highest BCUT2D eigenvalue weighted by molar-refractivity contribution is 6.70. The Kier molecular flexibility index (Phi) is 6.09. The lowest BCUT2D eigenvalue weighted by Crippen LogP contribution is -2.26. The van der Waals surface area contributed by atoms with Gasteiger partial charge < -0.3 is 9.16 Å². The predicted molar refractivity (Wildman–Crippen MR) is 98.4 cm³/mol. The van der Waals surface area contributed by atoms with Gasteiger partial charge in [-0.1, -0.05) is 48.5 Å². The number of carbonyl (C=O) groups is 1. The van der Waals surface area contributed by atoms with Gasteiger partial charge in [0.15, 0.2) is 0 Å². The molecule has 0 bridgehead atoms. The number of ether oxygens (including phenoxy) is 1. The first-order valence-corrected chi connectivity index (χ1v) is 11.1. The summed E-state index contributed by atoms with van der Waals surface area (Å²) in [6.07, 6.45) is 3.12. The molecular weight excluding hydrogens is 318 g/mol. The SMILES string of the molecule is C[Si](C)(C)O/C(=C\N=Cc1ccccc1)OC(=O)c1ccccc1. The summed E-state index contributed by atoms with van der Waals surface area (Å²) in [7, 11) is -1.94. The third kappa shape index (κ3) is 6.22. The molecule has 0 aliphatic heterocycles. The maximum Gasteiger partial charge on any atom is 0.345 e. The van der Waals surface area contributed by atoms with Crippen LogP contribution in [0.1, 0.15) is 15.9 Å². The zero-order valence-electron chi connectivity index (χ0n) is 14.1. The van der Waals surface area contributed by atoms with Gasteiger partial charge in [0.25, 0.3) is 5.95 Å². The molecule has 0 spiro atoms. The average Bonchev–Trinajstić information content (AvgIpc) is 2.55. The number of esters is 1. The van der Waals surface area contributed by atoms with E-state index in [0.717, 1.165) is 5.56 Å². The van der Waals surface area contributed by atoms with E-state index >= 15 is 0 Å². The number of hydrogen-bond acceptors (Lipinski definition) is 4. The highest BCUT2D eigenvalue weighted by Crippen LogP contribution is 2.14. The molecule has 5 heteroatoms. The summed E-state index contributed by atoms with van der Waals surface area (Å²) in [6, 6.07) is 18.5. The lowest BCUT2D eigenvalue weighted by molar-refractivity contribution is 0.0467. The standard InChI is InChI=1S/C19H21NO3Si/c1-24(2,3)23-18(15-20-14-16-10-6-4-7-11-16)22-19(21)17-12-8-5-9-13-17/h4-15H,1-3H3/b18-15-,20-14?. The number of aliphatic imine (C=N–C) groups is 1. The van der Waals surface area contributed by atoms with E-state index in [4.69, 9.17) is 9.16 Å². The molecule has 0 heterocycles. The van der Waals surface area contributed by atoms with Crippen molar-refractivity contribution in [3.63, 3.8) is 0 Å². The zero-order valence-corrected chi connectivity index (χ0v) is 15.1. The maximum atomic E-state index is 12.2. The lowest BCUT2D eigenvalue weighted by Gasteiger charge is -2.20. The molecule has 124 valence electrons. The molecule has 4 nitrogen and oxygen atoms in total. The molecule has 0 aromatic heterocycles. The summed E-state index contributed by atoms with van der Waals surface area (Å²) in [5.74, 6) is -0.342. The van der Waals surface area contributed by atoms with E-state index in [0.29, 0.717) is 5.56 Å². The van der Waals surface area contributed by atoms with Crippen LogP contribution in [-0.2, 0) is 9.16 Å². The number of benzene rings is 2. The Hall–Kier alpha value is -2.66. The zero-order chi connectivity index (χ0) is 17.4. The Morgan fingerprint density at radius 3 is 2.12 bits per heavy atom. The highest BCUT2D eigenvalue weighted by Gasteiger charge is 2.21. The molecule has 24 heavy (non-hydrogen) atoms. The van der Waals surface area contributed by atoms with Crippen LogP contribution in [0.15, 0.2) is 77.8 Å². The summed E-state index contributed by atoms with van der Waals surface area (Å²) in [5, 5.41) is 0. The molecule has 0 saturated carbocycles. The van der Waals surface area contributed by atoms with Crippen molar-refractivity contribution in [1.82, 2.24) is 0 Å². The van der Waals surface area contributed by atoms with Crippen molar-refractivity contribution >= 4 is 20.5 Å². The number of carbonyl (C=O) groups excluding carboxylic acids is 1. The Balaban J connectivity index is 2.13. The first kappa shape index (κ1) is 17.7. The smallest absolute Gasteiger partial charge is 0.345 e. The van der Waals surface area contributed by atoms with Crippen LogP contribution in [-0.4, -0.2) is 20.5 Å². The number of nitrogens with zero attached hydrogens (tertiary/aromatic N) is 1. The molecular formula is C19H21NO3Si. The fraction of sp³-hybridized carbons (Fsp3) is 0.158. The molecule has 0 saturated heterocycles. The van der Waals surface area contributed by atoms with Crippen LogP contribution < -0.4 is 0 Å². The van der Waals surface area contributed by atoms with E-state index in [1.54, 1.807) is 30.5 Å². The first-order valence-electron chi connectivity index (χ1n) is 7.69. The topological polar surface area (TPSA) is 47.9 Å². The van der Waals surface area contributed by atoms with Gasteiger partial charge in [0.05, 0.1) is 5.56 Å². The van der Waals surface area contributed by atoms with Crippen molar-refractivity contribution in [1.29, 1.82) is 0 Å². The molecule has 0 atom stereocenters. The summed E-state index contributed by atoms with van der Waals surface area (Å²) >= 11 is 0. The molecule has 0 aliphatic rings. The van der Waals surface area contributed by atoms with Crippen LogP contribution in [0, 0.1) is 0 Å². The Morgan fingerprint density at radius 1 is 0.958 bits per heavy atom. The fourth-order valence-electron chi connectivity index (χ4n) is 1.82. The molecule has 0 N–H and O–H groups in total. The Morgan fingerprint density at radius 2 is 1.54 bits per heavy atom. The molecule has 2 rings (SSSR count). The quantitative estimate of drug-likeness (QED) is 0.334. The largest absolute Gasteiger partial charge is 0.518 e. The lowest BCUT2D eigenvalue weighted by atomic mass is 10.2. The van der Waals surface area contributed by atoms with Crippen molar-refractivity contribution in [2.75, 3.05) is 0 Å². The summed E-state index contributed by atoms with van der Waals surface area (Å²) in [4.78, 5) is 16.4. The first-order chi connectivity index (χ1) is 11.4. The van der Waals surface area contributed by atoms with Gasteiger partial charge in [-0.3, -0.25) is 4.99 Å². The van der Waals surface area contributed by atoms with E-state index in [1.165, 1.54) is 6.20 Å². The van der Waals surface area contributed by atoms with Crippen molar-refractivity contribution in [2.24, 2.45) is 4.99 Å². The van der Waals surface area contributed by atoms with E-state index in [9.17, 15) is 4.79 Å². The van der Waals surface area contributed by atoms with Crippen molar-refractivity contribution in [3.05, 3.63) is 83.9 Å². The minimum Gasteiger partial charge on any atom is -0.518 e. The minimum absolute atomic E-state index is 0.121. The van der Waals surface area contributed by atoms with Gasteiger partial charge in [-0.05, 0) is 37.3 Å². The Labute approximate surface area is 143 Å². The van der Waals surface area contributed by atoms with Gasteiger partial charge in [-0.15, -0.1) is 0 Å². The van der Waals surface area contributed by atoms with Gasteiger partial charge >= 0.3 is 5.97 Å². The van der Waals surface area contributed by atoms with E-state index in [1.807, 2.05) is 56.0 Å². The van der Waals surface area contributed by atoms with Crippen LogP contribution >= 0.6 is 0 Å². The van der Waals surface area contributed by atoms with Crippen molar-refractivity contribution < 1.29 is 14.0 Å². The molecule has 2 aromatic carbocycles. The van der Waals surface area contributed by atoms with Gasteiger partial charge in [0, 0.05) is 6.21 Å². The second-order valence-electron chi connectivity index (χ2n) is 6.11. The average molecular weight is 339 g/mol. The fourth-order valence-corrected chi connectivity index (χ4v) is 2.52. The molecule has 2 aromatic rings. The van der Waals surface area contributed by atoms with E-state index in [2.05, 4.69) is 4.99 Å². The summed E-state index contributed by atoms with van der Waals surface area (Å²) in [6.45, 7) is 6.04. The normalized spacial score (nSPS) is 12.2. The van der Waals surface area contributed by atoms with Crippen LogP contribution in [0.3, 0.4) is 0 Å². The molecule has 0 radical (unpaired) electrons. The summed E-state index contributed by atoms with van der Waals surface area (Å²) in [5.41, 5.74) is 1.42. The van der Waals surface area contributed by atoms with E-state index in [-0.39, 0.29) is 5.95 Å². The van der Waals surface area contributed by atoms with Crippen LogP contribution in [0.25, 0.3) is 0 Å². The van der Waals surface area contributed by atoms with Crippen LogP contribution in [0.5, 0.6) is 0 Å². The van der Waals surface area contributed by atoms with Gasteiger partial charge in [0.2, 0.25) is 8.32 Å². The molecule has 0 aliphatic carbocycles. The third-order valence-corrected chi connectivity index (χ3v) is 3.63.